The number of ether oxygens (including phenoxy) is 1. The number of fused-ring (bicyclic) bond motifs is 1. The molecule has 0 bridgehead atoms. The third kappa shape index (κ3) is 1.61. The van der Waals surface area contributed by atoms with Crippen molar-refractivity contribution in [2.24, 2.45) is 0 Å². The van der Waals surface area contributed by atoms with Crippen molar-refractivity contribution < 1.29 is 4.74 Å². The van der Waals surface area contributed by atoms with Crippen molar-refractivity contribution in [3.63, 3.8) is 0 Å². The second-order valence-corrected chi connectivity index (χ2v) is 5.34. The van der Waals surface area contributed by atoms with Crippen LogP contribution in [0.2, 0.25) is 0 Å². The van der Waals surface area contributed by atoms with Gasteiger partial charge in [0.2, 0.25) is 0 Å². The fraction of sp³-hybridized carbons (Fsp3) is 0.300. The summed E-state index contributed by atoms with van der Waals surface area (Å²) in [5.74, 6) is 0. The standard InChI is InChI=1S/C10H10N2OS2/c1-6-12-8(5-15-6)9-4-11-7-2-3-14-10(7)13-9/h2-3,5,9,11H,4H2,1H3. The Kier molecular flexibility index (Phi) is 2.14. The number of nitrogens with zero attached hydrogens (tertiary/aromatic N) is 1. The van der Waals surface area contributed by atoms with Gasteiger partial charge in [-0.3, -0.25) is 0 Å². The molecule has 1 N–H and O–H groups in total. The van der Waals surface area contributed by atoms with Gasteiger partial charge in [0.1, 0.15) is 0 Å². The molecule has 15 heavy (non-hydrogen) atoms. The smallest absolute Gasteiger partial charge is 0.198 e. The minimum atomic E-state index is 0.0566. The van der Waals surface area contributed by atoms with Crippen LogP contribution in [-0.4, -0.2) is 11.5 Å². The second-order valence-electron chi connectivity index (χ2n) is 3.40. The number of anilines is 1. The molecule has 1 atom stereocenters. The summed E-state index contributed by atoms with van der Waals surface area (Å²) in [6.07, 6.45) is 0.0566. The molecule has 0 spiro atoms. The summed E-state index contributed by atoms with van der Waals surface area (Å²) < 4.78 is 5.87. The normalized spacial score (nSPS) is 19.1. The summed E-state index contributed by atoms with van der Waals surface area (Å²) in [6.45, 7) is 2.81. The van der Waals surface area contributed by atoms with E-state index in [1.54, 1.807) is 22.7 Å². The molecule has 1 aliphatic rings. The van der Waals surface area contributed by atoms with Gasteiger partial charge in [-0.25, -0.2) is 4.98 Å². The van der Waals surface area contributed by atoms with E-state index < -0.39 is 0 Å². The van der Waals surface area contributed by atoms with Crippen LogP contribution in [0.5, 0.6) is 5.06 Å². The van der Waals surface area contributed by atoms with E-state index in [9.17, 15) is 0 Å². The predicted octanol–water partition coefficient (Wildman–Crippen LogP) is 3.06. The number of hydrogen-bond donors (Lipinski definition) is 1. The van der Waals surface area contributed by atoms with E-state index in [2.05, 4.69) is 15.7 Å². The van der Waals surface area contributed by atoms with Crippen LogP contribution in [0.15, 0.2) is 16.8 Å². The van der Waals surface area contributed by atoms with Gasteiger partial charge >= 0.3 is 0 Å². The summed E-state index contributed by atoms with van der Waals surface area (Å²) in [5, 5.41) is 9.51. The lowest BCUT2D eigenvalue weighted by molar-refractivity contribution is 0.213. The summed E-state index contributed by atoms with van der Waals surface area (Å²) in [4.78, 5) is 4.45. The Morgan fingerprint density at radius 3 is 3.27 bits per heavy atom. The van der Waals surface area contributed by atoms with E-state index >= 15 is 0 Å². The SMILES string of the molecule is Cc1nc(C2CNc3ccsc3O2)cs1. The van der Waals surface area contributed by atoms with Crippen molar-refractivity contribution in [3.8, 4) is 5.06 Å². The summed E-state index contributed by atoms with van der Waals surface area (Å²) in [6, 6.07) is 2.04. The second kappa shape index (κ2) is 3.50. The van der Waals surface area contributed by atoms with Crippen LogP contribution in [0.3, 0.4) is 0 Å². The van der Waals surface area contributed by atoms with E-state index in [0.717, 1.165) is 28.0 Å². The topological polar surface area (TPSA) is 34.2 Å². The number of thiophene rings is 1. The van der Waals surface area contributed by atoms with Gasteiger partial charge in [-0.15, -0.1) is 22.7 Å². The van der Waals surface area contributed by atoms with Crippen molar-refractivity contribution in [1.82, 2.24) is 4.98 Å². The lowest BCUT2D eigenvalue weighted by Crippen LogP contribution is -2.22. The molecule has 2 aromatic heterocycles. The first kappa shape index (κ1) is 9.18. The highest BCUT2D eigenvalue weighted by atomic mass is 32.1. The Balaban J connectivity index is 1.87. The molecule has 1 aliphatic heterocycles. The molecule has 0 saturated carbocycles. The monoisotopic (exact) mass is 238 g/mol. The third-order valence-electron chi connectivity index (χ3n) is 2.32. The largest absolute Gasteiger partial charge is 0.471 e. The molecular formula is C10H10N2OS2. The highest BCUT2D eigenvalue weighted by Gasteiger charge is 2.23. The number of rotatable bonds is 1. The van der Waals surface area contributed by atoms with Crippen LogP contribution >= 0.6 is 22.7 Å². The number of aryl methyl sites for hydroxylation is 1. The third-order valence-corrected chi connectivity index (χ3v) is 3.92. The minimum Gasteiger partial charge on any atom is -0.471 e. The van der Waals surface area contributed by atoms with Crippen LogP contribution in [0, 0.1) is 6.92 Å². The number of thiazole rings is 1. The molecule has 2 aromatic rings. The maximum atomic E-state index is 5.87. The molecule has 0 aliphatic carbocycles. The fourth-order valence-corrected chi connectivity index (χ4v) is 3.00. The molecule has 78 valence electrons. The Bertz CT molecular complexity index is 477. The average Bonchev–Trinajstić information content (AvgIpc) is 2.84. The zero-order chi connectivity index (χ0) is 10.3. The van der Waals surface area contributed by atoms with Gasteiger partial charge in [0.25, 0.3) is 0 Å². The maximum Gasteiger partial charge on any atom is 0.198 e. The summed E-state index contributed by atoms with van der Waals surface area (Å²) in [7, 11) is 0. The van der Waals surface area contributed by atoms with Crippen LogP contribution in [-0.2, 0) is 0 Å². The van der Waals surface area contributed by atoms with Crippen LogP contribution in [0.4, 0.5) is 5.69 Å². The van der Waals surface area contributed by atoms with Gasteiger partial charge in [0, 0.05) is 5.38 Å². The molecule has 0 radical (unpaired) electrons. The zero-order valence-corrected chi connectivity index (χ0v) is 9.82. The lowest BCUT2D eigenvalue weighted by atomic mass is 10.2. The highest BCUT2D eigenvalue weighted by molar-refractivity contribution is 7.12. The van der Waals surface area contributed by atoms with Gasteiger partial charge in [-0.05, 0) is 18.4 Å². The predicted molar refractivity (Wildman–Crippen MR) is 63.0 cm³/mol. The van der Waals surface area contributed by atoms with Crippen molar-refractivity contribution in [2.75, 3.05) is 11.9 Å². The molecule has 0 saturated heterocycles. The van der Waals surface area contributed by atoms with Crippen LogP contribution < -0.4 is 10.1 Å². The van der Waals surface area contributed by atoms with Crippen molar-refractivity contribution in [2.45, 2.75) is 13.0 Å². The van der Waals surface area contributed by atoms with Crippen molar-refractivity contribution in [3.05, 3.63) is 27.5 Å². The molecular weight excluding hydrogens is 228 g/mol. The quantitative estimate of drug-likeness (QED) is 0.829. The number of aromatic nitrogens is 1. The molecule has 3 rings (SSSR count). The molecule has 1 unspecified atom stereocenters. The maximum absolute atomic E-state index is 5.87. The fourth-order valence-electron chi connectivity index (χ4n) is 1.58. The lowest BCUT2D eigenvalue weighted by Gasteiger charge is -2.23. The molecule has 0 fully saturated rings. The average molecular weight is 238 g/mol. The van der Waals surface area contributed by atoms with Gasteiger partial charge in [-0.1, -0.05) is 0 Å². The van der Waals surface area contributed by atoms with E-state index in [0.29, 0.717) is 0 Å². The highest BCUT2D eigenvalue weighted by Crippen LogP contribution is 2.38. The van der Waals surface area contributed by atoms with Gasteiger partial charge in [0.15, 0.2) is 11.2 Å². The van der Waals surface area contributed by atoms with E-state index in [4.69, 9.17) is 4.74 Å². The van der Waals surface area contributed by atoms with Crippen molar-refractivity contribution >= 4 is 28.4 Å². The van der Waals surface area contributed by atoms with E-state index in [1.165, 1.54) is 0 Å². The Morgan fingerprint density at radius 2 is 2.47 bits per heavy atom. The summed E-state index contributed by atoms with van der Waals surface area (Å²) >= 11 is 3.29. The van der Waals surface area contributed by atoms with Gasteiger partial charge in [0.05, 0.1) is 22.9 Å². The van der Waals surface area contributed by atoms with Crippen LogP contribution in [0.1, 0.15) is 16.8 Å². The van der Waals surface area contributed by atoms with Crippen LogP contribution in [0.25, 0.3) is 0 Å². The molecule has 5 heteroatoms. The number of hydrogen-bond acceptors (Lipinski definition) is 5. The van der Waals surface area contributed by atoms with Crippen molar-refractivity contribution in [1.29, 1.82) is 0 Å². The molecule has 3 nitrogen and oxygen atoms in total. The van der Waals surface area contributed by atoms with E-state index in [-0.39, 0.29) is 6.10 Å². The molecule has 3 heterocycles. The Hall–Kier alpha value is -1.07. The first-order valence-electron chi connectivity index (χ1n) is 4.73. The van der Waals surface area contributed by atoms with Gasteiger partial charge in [-0.2, -0.15) is 0 Å². The number of nitrogens with one attached hydrogen (secondary N) is 1. The minimum absolute atomic E-state index is 0.0566. The van der Waals surface area contributed by atoms with Gasteiger partial charge < -0.3 is 10.1 Å². The zero-order valence-electron chi connectivity index (χ0n) is 8.19. The Labute approximate surface area is 95.7 Å². The first-order valence-corrected chi connectivity index (χ1v) is 6.49. The summed E-state index contributed by atoms with van der Waals surface area (Å²) in [5.41, 5.74) is 2.13. The first-order chi connectivity index (χ1) is 7.33. The molecule has 0 aromatic carbocycles. The van der Waals surface area contributed by atoms with E-state index in [1.807, 2.05) is 18.4 Å². The Morgan fingerprint density at radius 1 is 1.53 bits per heavy atom. The molecule has 0 amide bonds.